The highest BCUT2D eigenvalue weighted by Crippen LogP contribution is 2.23. The normalized spacial score (nSPS) is 11.3. The molecule has 0 spiro atoms. The highest BCUT2D eigenvalue weighted by Gasteiger charge is 2.12. The number of pyridine rings is 2. The number of halogens is 1. The van der Waals surface area contributed by atoms with Crippen molar-refractivity contribution in [2.45, 2.75) is 0 Å². The third kappa shape index (κ3) is 1.82. The molecule has 0 saturated carbocycles. The van der Waals surface area contributed by atoms with Gasteiger partial charge in [-0.3, -0.25) is 19.9 Å². The molecular weight excluding hydrogens is 288 g/mol. The molecule has 0 aliphatic carbocycles. The van der Waals surface area contributed by atoms with Crippen molar-refractivity contribution in [2.24, 2.45) is 0 Å². The number of fused-ring (bicyclic) bond motifs is 3. The zero-order chi connectivity index (χ0) is 14.4. The lowest BCUT2D eigenvalue weighted by Gasteiger charge is -2.00. The van der Waals surface area contributed by atoms with Gasteiger partial charge in [0.15, 0.2) is 0 Å². The number of nitrogens with one attached hydrogen (secondary N) is 1. The zero-order valence-corrected chi connectivity index (χ0v) is 11.5. The van der Waals surface area contributed by atoms with E-state index in [-0.39, 0.29) is 5.56 Å². The van der Waals surface area contributed by atoms with Gasteiger partial charge in [-0.05, 0) is 30.3 Å². The molecule has 0 aliphatic heterocycles. The van der Waals surface area contributed by atoms with Crippen molar-refractivity contribution in [2.75, 3.05) is 0 Å². The molecule has 21 heavy (non-hydrogen) atoms. The summed E-state index contributed by atoms with van der Waals surface area (Å²) in [5, 5.41) is 5.06. The van der Waals surface area contributed by atoms with Crippen LogP contribution < -0.4 is 5.56 Å². The number of nitrogens with zero attached hydrogens (tertiary/aromatic N) is 3. The van der Waals surface area contributed by atoms with E-state index in [1.54, 1.807) is 36.8 Å². The Kier molecular flexibility index (Phi) is 2.55. The van der Waals surface area contributed by atoms with Gasteiger partial charge in [-0.25, -0.2) is 4.68 Å². The number of hydrogen-bond acceptors (Lipinski definition) is 3. The Morgan fingerprint density at radius 3 is 2.86 bits per heavy atom. The molecule has 3 heterocycles. The minimum atomic E-state index is -0.160. The third-order valence-corrected chi connectivity index (χ3v) is 3.63. The second-order valence-corrected chi connectivity index (χ2v) is 5.11. The molecule has 1 aromatic carbocycles. The minimum Gasteiger partial charge on any atom is -0.289 e. The maximum absolute atomic E-state index is 12.5. The van der Waals surface area contributed by atoms with Crippen molar-refractivity contribution in [3.63, 3.8) is 0 Å². The first-order valence-electron chi connectivity index (χ1n) is 6.33. The second-order valence-electron chi connectivity index (χ2n) is 4.67. The highest BCUT2D eigenvalue weighted by atomic mass is 35.5. The lowest BCUT2D eigenvalue weighted by molar-refractivity contribution is 0.858. The summed E-state index contributed by atoms with van der Waals surface area (Å²) in [4.78, 5) is 20.8. The largest absolute Gasteiger partial charge is 0.289 e. The first-order valence-corrected chi connectivity index (χ1v) is 6.71. The average Bonchev–Trinajstić information content (AvgIpc) is 2.86. The fraction of sp³-hybridized carbons (Fsp3) is 0. The first-order chi connectivity index (χ1) is 10.2. The van der Waals surface area contributed by atoms with Crippen LogP contribution in [0.3, 0.4) is 0 Å². The standard InChI is InChI=1S/C15H9ClN4O/c16-9-3-4-13-11(6-9)14-12(8-18-13)15(21)20(19-14)10-2-1-5-17-7-10/h1-8,19H. The summed E-state index contributed by atoms with van der Waals surface area (Å²) in [7, 11) is 0. The van der Waals surface area contributed by atoms with Crippen LogP contribution in [0.5, 0.6) is 0 Å². The maximum atomic E-state index is 12.5. The summed E-state index contributed by atoms with van der Waals surface area (Å²) in [5.41, 5.74) is 2.02. The summed E-state index contributed by atoms with van der Waals surface area (Å²) >= 11 is 6.05. The van der Waals surface area contributed by atoms with Crippen LogP contribution in [0.25, 0.3) is 27.5 Å². The number of H-pyrrole nitrogens is 1. The van der Waals surface area contributed by atoms with Crippen molar-refractivity contribution < 1.29 is 0 Å². The summed E-state index contributed by atoms with van der Waals surface area (Å²) < 4.78 is 1.46. The van der Waals surface area contributed by atoms with E-state index in [9.17, 15) is 4.79 Å². The van der Waals surface area contributed by atoms with E-state index in [4.69, 9.17) is 11.6 Å². The molecule has 1 N–H and O–H groups in total. The predicted molar refractivity (Wildman–Crippen MR) is 82.0 cm³/mol. The molecule has 0 saturated heterocycles. The Labute approximate surface area is 123 Å². The minimum absolute atomic E-state index is 0.160. The Hall–Kier alpha value is -2.66. The topological polar surface area (TPSA) is 63.6 Å². The fourth-order valence-corrected chi connectivity index (χ4v) is 2.57. The molecular formula is C15H9ClN4O. The number of hydrogen-bond donors (Lipinski definition) is 1. The third-order valence-electron chi connectivity index (χ3n) is 3.39. The van der Waals surface area contributed by atoms with Gasteiger partial charge in [0.2, 0.25) is 0 Å². The Morgan fingerprint density at radius 1 is 1.14 bits per heavy atom. The molecule has 0 bridgehead atoms. The molecule has 102 valence electrons. The molecule has 5 nitrogen and oxygen atoms in total. The van der Waals surface area contributed by atoms with E-state index < -0.39 is 0 Å². The second kappa shape index (κ2) is 4.43. The van der Waals surface area contributed by atoms with E-state index in [2.05, 4.69) is 15.1 Å². The molecule has 0 radical (unpaired) electrons. The monoisotopic (exact) mass is 296 g/mol. The molecule has 4 rings (SSSR count). The van der Waals surface area contributed by atoms with Crippen LogP contribution in [-0.4, -0.2) is 19.7 Å². The smallest absolute Gasteiger partial charge is 0.280 e. The Morgan fingerprint density at radius 2 is 2.05 bits per heavy atom. The van der Waals surface area contributed by atoms with Crippen LogP contribution in [0.15, 0.2) is 53.7 Å². The van der Waals surface area contributed by atoms with Gasteiger partial charge in [-0.2, -0.15) is 0 Å². The molecule has 4 aromatic rings. The number of aromatic nitrogens is 4. The van der Waals surface area contributed by atoms with Gasteiger partial charge in [0.25, 0.3) is 5.56 Å². The lowest BCUT2D eigenvalue weighted by Crippen LogP contribution is -2.14. The lowest BCUT2D eigenvalue weighted by atomic mass is 10.2. The van der Waals surface area contributed by atoms with Gasteiger partial charge in [0, 0.05) is 22.8 Å². The summed E-state index contributed by atoms with van der Waals surface area (Å²) in [6.07, 6.45) is 4.87. The fourth-order valence-electron chi connectivity index (χ4n) is 2.40. The quantitative estimate of drug-likeness (QED) is 0.587. The van der Waals surface area contributed by atoms with Crippen LogP contribution in [0, 0.1) is 0 Å². The van der Waals surface area contributed by atoms with Gasteiger partial charge >= 0.3 is 0 Å². The van der Waals surface area contributed by atoms with Crippen LogP contribution in [-0.2, 0) is 0 Å². The van der Waals surface area contributed by atoms with Crippen LogP contribution in [0.2, 0.25) is 5.02 Å². The van der Waals surface area contributed by atoms with Crippen molar-refractivity contribution in [3.05, 3.63) is 64.3 Å². The molecule has 0 atom stereocenters. The molecule has 0 fully saturated rings. The maximum Gasteiger partial charge on any atom is 0.280 e. The molecule has 0 aliphatic rings. The summed E-state index contributed by atoms with van der Waals surface area (Å²) in [5.74, 6) is 0. The molecule has 0 unspecified atom stereocenters. The van der Waals surface area contributed by atoms with Gasteiger partial charge < -0.3 is 0 Å². The van der Waals surface area contributed by atoms with E-state index in [1.165, 1.54) is 4.68 Å². The van der Waals surface area contributed by atoms with Gasteiger partial charge in [0.1, 0.15) is 0 Å². The van der Waals surface area contributed by atoms with E-state index >= 15 is 0 Å². The van der Waals surface area contributed by atoms with E-state index in [0.29, 0.717) is 16.1 Å². The van der Waals surface area contributed by atoms with Crippen LogP contribution >= 0.6 is 11.6 Å². The van der Waals surface area contributed by atoms with E-state index in [1.807, 2.05) is 12.1 Å². The number of benzene rings is 1. The molecule has 0 amide bonds. The van der Waals surface area contributed by atoms with Crippen LogP contribution in [0.1, 0.15) is 0 Å². The van der Waals surface area contributed by atoms with Crippen LogP contribution in [0.4, 0.5) is 0 Å². The zero-order valence-electron chi connectivity index (χ0n) is 10.7. The van der Waals surface area contributed by atoms with Crippen molar-refractivity contribution in [1.29, 1.82) is 0 Å². The summed E-state index contributed by atoms with van der Waals surface area (Å²) in [6.45, 7) is 0. The van der Waals surface area contributed by atoms with Gasteiger partial charge in [0.05, 0.1) is 28.3 Å². The highest BCUT2D eigenvalue weighted by molar-refractivity contribution is 6.31. The van der Waals surface area contributed by atoms with Crippen molar-refractivity contribution >= 4 is 33.4 Å². The Balaban J connectivity index is 2.13. The molecule has 3 aromatic heterocycles. The Bertz CT molecular complexity index is 1020. The van der Waals surface area contributed by atoms with Gasteiger partial charge in [-0.1, -0.05) is 11.6 Å². The van der Waals surface area contributed by atoms with E-state index in [0.717, 1.165) is 16.4 Å². The summed E-state index contributed by atoms with van der Waals surface area (Å²) in [6, 6.07) is 9.00. The molecule has 6 heteroatoms. The van der Waals surface area contributed by atoms with Crippen molar-refractivity contribution in [3.8, 4) is 5.69 Å². The SMILES string of the molecule is O=c1c2cnc3ccc(Cl)cc3c2[nH]n1-c1cccnc1. The van der Waals surface area contributed by atoms with Gasteiger partial charge in [-0.15, -0.1) is 0 Å². The number of aromatic amines is 1. The number of rotatable bonds is 1. The first kappa shape index (κ1) is 12.1. The van der Waals surface area contributed by atoms with Crippen molar-refractivity contribution in [1.82, 2.24) is 19.7 Å². The average molecular weight is 297 g/mol. The predicted octanol–water partition coefficient (Wildman–Crippen LogP) is 2.92.